The molecular formula is C29H49NO4. The number of fused-ring (bicyclic) bond motifs is 5. The van der Waals surface area contributed by atoms with Crippen LogP contribution in [0.3, 0.4) is 0 Å². The maximum Gasteiger partial charge on any atom is 0.302 e. The van der Waals surface area contributed by atoms with Gasteiger partial charge in [0.05, 0.1) is 0 Å². The summed E-state index contributed by atoms with van der Waals surface area (Å²) in [5.74, 6) is 3.75. The van der Waals surface area contributed by atoms with E-state index in [2.05, 4.69) is 34.6 Å². The summed E-state index contributed by atoms with van der Waals surface area (Å²) in [6, 6.07) is 0. The quantitative estimate of drug-likeness (QED) is 0.347. The molecule has 0 aromatic heterocycles. The molecule has 3 fully saturated rings. The van der Waals surface area contributed by atoms with E-state index in [0.29, 0.717) is 41.7 Å². The van der Waals surface area contributed by atoms with Gasteiger partial charge in [0, 0.05) is 19.8 Å². The first-order valence-electron chi connectivity index (χ1n) is 14.1. The average Bonchev–Trinajstić information content (AvgIpc) is 3.10. The average molecular weight is 476 g/mol. The summed E-state index contributed by atoms with van der Waals surface area (Å²) in [7, 11) is 0. The molecule has 34 heavy (non-hydrogen) atoms. The predicted octanol–water partition coefficient (Wildman–Crippen LogP) is 6.06. The van der Waals surface area contributed by atoms with Crippen molar-refractivity contribution < 1.29 is 20.0 Å². The number of carbonyl (C=O) groups is 1. The lowest BCUT2D eigenvalue weighted by atomic mass is 9.46. The van der Waals surface area contributed by atoms with Gasteiger partial charge in [0.25, 0.3) is 0 Å². The van der Waals surface area contributed by atoms with Crippen LogP contribution in [0.25, 0.3) is 0 Å². The zero-order valence-electron chi connectivity index (χ0n) is 22.5. The number of carbonyl (C=O) groups excluding carboxylic acids is 1. The van der Waals surface area contributed by atoms with Gasteiger partial charge in [0.15, 0.2) is 0 Å². The second-order valence-electron chi connectivity index (χ2n) is 13.3. The molecule has 4 rings (SSSR count). The Hall–Kier alpha value is -0.910. The van der Waals surface area contributed by atoms with Gasteiger partial charge < -0.3 is 9.94 Å². The molecule has 4 aliphatic carbocycles. The van der Waals surface area contributed by atoms with E-state index in [1.165, 1.54) is 51.9 Å². The van der Waals surface area contributed by atoms with Gasteiger partial charge in [-0.05, 0) is 90.4 Å². The molecular weight excluding hydrogens is 426 g/mol. The maximum atomic E-state index is 12.5. The summed E-state index contributed by atoms with van der Waals surface area (Å²) in [4.78, 5) is 11.6. The van der Waals surface area contributed by atoms with Crippen LogP contribution >= 0.6 is 0 Å². The van der Waals surface area contributed by atoms with Crippen molar-refractivity contribution in [2.24, 2.45) is 46.3 Å². The molecule has 0 amide bonds. The zero-order chi connectivity index (χ0) is 24.8. The molecule has 0 radical (unpaired) electrons. The van der Waals surface area contributed by atoms with E-state index in [1.807, 2.05) is 0 Å². The summed E-state index contributed by atoms with van der Waals surface area (Å²) < 4.78 is 5.56. The van der Waals surface area contributed by atoms with Crippen LogP contribution in [0.15, 0.2) is 11.3 Å². The molecule has 5 heteroatoms. The topological polar surface area (TPSA) is 74.0 Å². The Bertz CT molecular complexity index is 791. The van der Waals surface area contributed by atoms with Crippen molar-refractivity contribution in [3.8, 4) is 0 Å². The smallest absolute Gasteiger partial charge is 0.302 e. The van der Waals surface area contributed by atoms with Gasteiger partial charge in [0.2, 0.25) is 0 Å². The van der Waals surface area contributed by atoms with Gasteiger partial charge in [-0.25, -0.2) is 5.21 Å². The SMILES string of the molecule is CC(=O)O[C@H]1CC[C@@]2(C)C(=C([NH+]([O-])O)C[C@H]3[C@H]2CC[C@@]2(C)[C@H]3CC[C@H]2[C@H](C)CCCC(C)C)C1. The van der Waals surface area contributed by atoms with Crippen molar-refractivity contribution in [3.63, 3.8) is 0 Å². The standard InChI is InChI=1S/C29H49NO4/c1-18(2)8-7-9-19(3)23-10-11-24-22-17-27(30(32)33)26-16-21(34-20(4)31)12-14-29(26,6)25(22)13-15-28(23,24)5/h18-19,21-25,30,32H,7-17H2,1-6H3/t19-,21+,22-,23+,24+,25-,28-,29-/m1/s1. The van der Waals surface area contributed by atoms with Crippen molar-refractivity contribution in [2.75, 3.05) is 0 Å². The monoisotopic (exact) mass is 475 g/mol. The van der Waals surface area contributed by atoms with E-state index >= 15 is 0 Å². The summed E-state index contributed by atoms with van der Waals surface area (Å²) in [6.07, 6.45) is 12.0. The van der Waals surface area contributed by atoms with Gasteiger partial charge in [-0.1, -0.05) is 53.9 Å². The fraction of sp³-hybridized carbons (Fsp3) is 0.897. The molecule has 0 aromatic rings. The molecule has 0 heterocycles. The third-order valence-corrected chi connectivity index (χ3v) is 11.0. The van der Waals surface area contributed by atoms with Crippen LogP contribution in [0.5, 0.6) is 0 Å². The summed E-state index contributed by atoms with van der Waals surface area (Å²) >= 11 is 0. The lowest BCUT2D eigenvalue weighted by Crippen LogP contribution is -3.03. The Balaban J connectivity index is 1.57. The van der Waals surface area contributed by atoms with E-state index < -0.39 is 5.23 Å². The Kier molecular flexibility index (Phi) is 7.59. The number of hydroxylamine groups is 2. The van der Waals surface area contributed by atoms with Crippen molar-refractivity contribution in [3.05, 3.63) is 16.5 Å². The number of hydrogen-bond acceptors (Lipinski definition) is 4. The highest BCUT2D eigenvalue weighted by Gasteiger charge is 2.61. The van der Waals surface area contributed by atoms with Gasteiger partial charge in [-0.3, -0.25) is 4.79 Å². The van der Waals surface area contributed by atoms with Crippen LogP contribution in [0.2, 0.25) is 0 Å². The first-order valence-corrected chi connectivity index (χ1v) is 14.1. The third kappa shape index (κ3) is 4.62. The second kappa shape index (κ2) is 9.86. The molecule has 0 bridgehead atoms. The van der Waals surface area contributed by atoms with Crippen molar-refractivity contribution in [1.82, 2.24) is 0 Å². The molecule has 2 N–H and O–H groups in total. The van der Waals surface area contributed by atoms with Crippen LogP contribution in [-0.2, 0) is 9.53 Å². The number of ether oxygens (including phenoxy) is 1. The van der Waals surface area contributed by atoms with Crippen molar-refractivity contribution in [2.45, 2.75) is 118 Å². The van der Waals surface area contributed by atoms with Gasteiger partial charge in [-0.15, -0.1) is 0 Å². The molecule has 0 aliphatic heterocycles. The fourth-order valence-electron chi connectivity index (χ4n) is 9.35. The number of hydrogen-bond donors (Lipinski definition) is 2. The number of nitrogens with one attached hydrogen (secondary N) is 1. The molecule has 1 unspecified atom stereocenters. The highest BCUT2D eigenvalue weighted by atomic mass is 16.8. The number of allylic oxidation sites excluding steroid dienone is 1. The van der Waals surface area contributed by atoms with Crippen molar-refractivity contribution >= 4 is 5.97 Å². The highest BCUT2D eigenvalue weighted by Crippen LogP contribution is 2.68. The molecule has 0 spiro atoms. The van der Waals surface area contributed by atoms with Crippen LogP contribution in [0, 0.1) is 51.5 Å². The normalized spacial score (nSPS) is 41.5. The lowest BCUT2D eigenvalue weighted by molar-refractivity contribution is -1.02. The highest BCUT2D eigenvalue weighted by molar-refractivity contribution is 5.66. The van der Waals surface area contributed by atoms with Crippen LogP contribution in [-0.4, -0.2) is 17.3 Å². The molecule has 0 aromatic carbocycles. The largest absolute Gasteiger partial charge is 0.595 e. The van der Waals surface area contributed by atoms with E-state index in [0.717, 1.165) is 36.2 Å². The molecule has 3 saturated carbocycles. The Morgan fingerprint density at radius 1 is 1.09 bits per heavy atom. The fourth-order valence-corrected chi connectivity index (χ4v) is 9.35. The minimum atomic E-state index is -0.743. The summed E-state index contributed by atoms with van der Waals surface area (Å²) in [5, 5.41) is 22.0. The Morgan fingerprint density at radius 2 is 1.82 bits per heavy atom. The van der Waals surface area contributed by atoms with Gasteiger partial charge >= 0.3 is 5.97 Å². The van der Waals surface area contributed by atoms with E-state index in [4.69, 9.17) is 4.74 Å². The number of esters is 1. The first kappa shape index (κ1) is 26.2. The van der Waals surface area contributed by atoms with Gasteiger partial charge in [0.1, 0.15) is 11.8 Å². The predicted molar refractivity (Wildman–Crippen MR) is 134 cm³/mol. The number of quaternary nitrogens is 1. The Labute approximate surface area is 207 Å². The zero-order valence-corrected chi connectivity index (χ0v) is 22.5. The summed E-state index contributed by atoms with van der Waals surface area (Å²) in [5.41, 5.74) is 2.04. The number of rotatable bonds is 7. The lowest BCUT2D eigenvalue weighted by Gasteiger charge is -2.59. The molecule has 5 nitrogen and oxygen atoms in total. The van der Waals surface area contributed by atoms with Crippen LogP contribution in [0.4, 0.5) is 0 Å². The Morgan fingerprint density at radius 3 is 2.47 bits per heavy atom. The van der Waals surface area contributed by atoms with Crippen LogP contribution < -0.4 is 5.23 Å². The minimum Gasteiger partial charge on any atom is -0.595 e. The molecule has 0 saturated heterocycles. The first-order chi connectivity index (χ1) is 16.0. The van der Waals surface area contributed by atoms with E-state index in [-0.39, 0.29) is 17.5 Å². The van der Waals surface area contributed by atoms with Gasteiger partial charge in [-0.2, -0.15) is 5.23 Å². The molecule has 4 aliphatic rings. The minimum absolute atomic E-state index is 0.0599. The van der Waals surface area contributed by atoms with E-state index in [9.17, 15) is 15.2 Å². The van der Waals surface area contributed by atoms with Crippen LogP contribution in [0.1, 0.15) is 112 Å². The van der Waals surface area contributed by atoms with E-state index in [1.54, 1.807) is 0 Å². The van der Waals surface area contributed by atoms with Crippen molar-refractivity contribution in [1.29, 1.82) is 0 Å². The second-order valence-corrected chi connectivity index (χ2v) is 13.3. The summed E-state index contributed by atoms with van der Waals surface area (Å²) in [6.45, 7) is 13.5. The third-order valence-electron chi connectivity index (χ3n) is 11.0. The molecule has 194 valence electrons. The maximum absolute atomic E-state index is 12.5. The molecule has 9 atom stereocenters.